The fourth-order valence-corrected chi connectivity index (χ4v) is 0.906. The molecule has 0 rings (SSSR count). The molecule has 0 bridgehead atoms. The summed E-state index contributed by atoms with van der Waals surface area (Å²) in [6.07, 6.45) is 0.722. The van der Waals surface area contributed by atoms with Crippen molar-refractivity contribution in [3.8, 4) is 0 Å². The van der Waals surface area contributed by atoms with E-state index in [-0.39, 0.29) is 12.6 Å². The standard InChI is InChI=1S/C8H19NO/c1-6(2)7(3)8(9)4-5-10/h6-8,10H,4-5,9H2,1-3H3. The maximum Gasteiger partial charge on any atom is 0.0445 e. The zero-order valence-corrected chi connectivity index (χ0v) is 7.17. The van der Waals surface area contributed by atoms with Gasteiger partial charge in [-0.3, -0.25) is 0 Å². The van der Waals surface area contributed by atoms with Crippen LogP contribution in [0.15, 0.2) is 0 Å². The van der Waals surface area contributed by atoms with Crippen molar-refractivity contribution in [3.63, 3.8) is 0 Å². The van der Waals surface area contributed by atoms with E-state index in [2.05, 4.69) is 20.8 Å². The molecule has 0 saturated carbocycles. The molecule has 62 valence electrons. The molecular formula is C8H19NO. The van der Waals surface area contributed by atoms with Crippen molar-refractivity contribution < 1.29 is 5.11 Å². The molecule has 0 heterocycles. The third kappa shape index (κ3) is 3.18. The Morgan fingerprint density at radius 3 is 2.10 bits per heavy atom. The van der Waals surface area contributed by atoms with Crippen LogP contribution in [-0.4, -0.2) is 17.8 Å². The predicted octanol–water partition coefficient (Wildman–Crippen LogP) is 0.988. The Hall–Kier alpha value is -0.0800. The number of hydrogen-bond donors (Lipinski definition) is 2. The van der Waals surface area contributed by atoms with Crippen molar-refractivity contribution in [2.75, 3.05) is 6.61 Å². The van der Waals surface area contributed by atoms with Gasteiger partial charge in [-0.25, -0.2) is 0 Å². The highest BCUT2D eigenvalue weighted by atomic mass is 16.3. The lowest BCUT2D eigenvalue weighted by Gasteiger charge is -2.22. The Labute approximate surface area is 63.4 Å². The summed E-state index contributed by atoms with van der Waals surface area (Å²) in [5.41, 5.74) is 5.77. The summed E-state index contributed by atoms with van der Waals surface area (Å²) in [4.78, 5) is 0. The van der Waals surface area contributed by atoms with Crippen LogP contribution in [-0.2, 0) is 0 Å². The number of hydrogen-bond acceptors (Lipinski definition) is 2. The average molecular weight is 145 g/mol. The van der Waals surface area contributed by atoms with E-state index in [4.69, 9.17) is 10.8 Å². The van der Waals surface area contributed by atoms with E-state index < -0.39 is 0 Å². The van der Waals surface area contributed by atoms with E-state index >= 15 is 0 Å². The third-order valence-corrected chi connectivity index (χ3v) is 2.19. The fourth-order valence-electron chi connectivity index (χ4n) is 0.906. The van der Waals surface area contributed by atoms with Gasteiger partial charge in [0.15, 0.2) is 0 Å². The van der Waals surface area contributed by atoms with Crippen molar-refractivity contribution in [3.05, 3.63) is 0 Å². The third-order valence-electron chi connectivity index (χ3n) is 2.19. The van der Waals surface area contributed by atoms with E-state index in [1.54, 1.807) is 0 Å². The van der Waals surface area contributed by atoms with Gasteiger partial charge in [-0.2, -0.15) is 0 Å². The van der Waals surface area contributed by atoms with Crippen molar-refractivity contribution in [1.29, 1.82) is 0 Å². The molecule has 0 aliphatic heterocycles. The lowest BCUT2D eigenvalue weighted by molar-refractivity contribution is 0.241. The Kier molecular flexibility index (Phi) is 4.65. The number of aliphatic hydroxyl groups excluding tert-OH is 1. The molecule has 0 aromatic carbocycles. The molecule has 2 heteroatoms. The Morgan fingerprint density at radius 1 is 1.30 bits per heavy atom. The highest BCUT2D eigenvalue weighted by Crippen LogP contribution is 2.14. The second kappa shape index (κ2) is 4.69. The van der Waals surface area contributed by atoms with Crippen LogP contribution in [0.1, 0.15) is 27.2 Å². The first-order valence-electron chi connectivity index (χ1n) is 3.96. The zero-order valence-electron chi connectivity index (χ0n) is 7.17. The van der Waals surface area contributed by atoms with E-state index in [1.807, 2.05) is 0 Å². The summed E-state index contributed by atoms with van der Waals surface area (Å²) in [7, 11) is 0. The summed E-state index contributed by atoms with van der Waals surface area (Å²) in [6.45, 7) is 6.65. The quantitative estimate of drug-likeness (QED) is 0.619. The molecule has 0 aliphatic rings. The minimum absolute atomic E-state index is 0.157. The molecule has 0 amide bonds. The maximum atomic E-state index is 8.59. The van der Waals surface area contributed by atoms with Gasteiger partial charge in [0.05, 0.1) is 0 Å². The van der Waals surface area contributed by atoms with Gasteiger partial charge in [0.1, 0.15) is 0 Å². The topological polar surface area (TPSA) is 46.2 Å². The van der Waals surface area contributed by atoms with Gasteiger partial charge in [-0.05, 0) is 18.3 Å². The smallest absolute Gasteiger partial charge is 0.0445 e. The van der Waals surface area contributed by atoms with Gasteiger partial charge in [0.2, 0.25) is 0 Å². The van der Waals surface area contributed by atoms with E-state index in [1.165, 1.54) is 0 Å². The Morgan fingerprint density at radius 2 is 1.80 bits per heavy atom. The van der Waals surface area contributed by atoms with Gasteiger partial charge < -0.3 is 10.8 Å². The highest BCUT2D eigenvalue weighted by Gasteiger charge is 2.14. The number of rotatable bonds is 4. The molecule has 2 unspecified atom stereocenters. The van der Waals surface area contributed by atoms with Gasteiger partial charge >= 0.3 is 0 Å². The minimum atomic E-state index is 0.157. The summed E-state index contributed by atoms with van der Waals surface area (Å²) in [6, 6.07) is 0.157. The van der Waals surface area contributed by atoms with E-state index in [0.29, 0.717) is 11.8 Å². The lowest BCUT2D eigenvalue weighted by Crippen LogP contribution is -2.32. The molecule has 2 nitrogen and oxygen atoms in total. The maximum absolute atomic E-state index is 8.59. The van der Waals surface area contributed by atoms with Crippen LogP contribution < -0.4 is 5.73 Å². The van der Waals surface area contributed by atoms with E-state index in [9.17, 15) is 0 Å². The monoisotopic (exact) mass is 145 g/mol. The molecule has 0 fully saturated rings. The van der Waals surface area contributed by atoms with Gasteiger partial charge in [0.25, 0.3) is 0 Å². The van der Waals surface area contributed by atoms with Crippen LogP contribution in [0.25, 0.3) is 0 Å². The molecule has 10 heavy (non-hydrogen) atoms. The van der Waals surface area contributed by atoms with Crippen LogP contribution in [0.5, 0.6) is 0 Å². The summed E-state index contributed by atoms with van der Waals surface area (Å²) >= 11 is 0. The van der Waals surface area contributed by atoms with Crippen LogP contribution in [0.2, 0.25) is 0 Å². The highest BCUT2D eigenvalue weighted by molar-refractivity contribution is 4.70. The van der Waals surface area contributed by atoms with Gasteiger partial charge in [-0.15, -0.1) is 0 Å². The average Bonchev–Trinajstić information content (AvgIpc) is 1.87. The molecule has 2 atom stereocenters. The van der Waals surface area contributed by atoms with Crippen LogP contribution in [0.3, 0.4) is 0 Å². The number of nitrogens with two attached hydrogens (primary N) is 1. The van der Waals surface area contributed by atoms with Gasteiger partial charge in [-0.1, -0.05) is 20.8 Å². The second-order valence-corrected chi connectivity index (χ2v) is 3.28. The second-order valence-electron chi connectivity index (χ2n) is 3.28. The molecule has 0 spiro atoms. The summed E-state index contributed by atoms with van der Waals surface area (Å²) in [5, 5.41) is 8.59. The van der Waals surface area contributed by atoms with Crippen LogP contribution in [0.4, 0.5) is 0 Å². The lowest BCUT2D eigenvalue weighted by atomic mass is 9.89. The van der Waals surface area contributed by atoms with Crippen LogP contribution in [0, 0.1) is 11.8 Å². The Bertz CT molecular complexity index is 83.3. The first-order chi connectivity index (χ1) is 4.59. The summed E-state index contributed by atoms with van der Waals surface area (Å²) < 4.78 is 0. The van der Waals surface area contributed by atoms with E-state index in [0.717, 1.165) is 6.42 Å². The molecule has 3 N–H and O–H groups in total. The largest absolute Gasteiger partial charge is 0.396 e. The fraction of sp³-hybridized carbons (Fsp3) is 1.00. The Balaban J connectivity index is 3.58. The van der Waals surface area contributed by atoms with Crippen molar-refractivity contribution in [2.45, 2.75) is 33.2 Å². The molecule has 0 aromatic heterocycles. The first-order valence-corrected chi connectivity index (χ1v) is 3.96. The van der Waals surface area contributed by atoms with Crippen molar-refractivity contribution in [1.82, 2.24) is 0 Å². The molecule has 0 saturated heterocycles. The minimum Gasteiger partial charge on any atom is -0.396 e. The van der Waals surface area contributed by atoms with Crippen molar-refractivity contribution >= 4 is 0 Å². The predicted molar refractivity (Wildman–Crippen MR) is 43.7 cm³/mol. The number of aliphatic hydroxyl groups is 1. The molecular weight excluding hydrogens is 126 g/mol. The normalized spacial score (nSPS) is 17.4. The van der Waals surface area contributed by atoms with Crippen LogP contribution >= 0.6 is 0 Å². The summed E-state index contributed by atoms with van der Waals surface area (Å²) in [5.74, 6) is 1.12. The SMILES string of the molecule is CC(C)C(C)C(N)CCO. The zero-order chi connectivity index (χ0) is 8.15. The molecule has 0 aliphatic carbocycles. The van der Waals surface area contributed by atoms with Crippen molar-refractivity contribution in [2.24, 2.45) is 17.6 Å². The molecule has 0 radical (unpaired) electrons. The first kappa shape index (κ1) is 9.92. The van der Waals surface area contributed by atoms with Gasteiger partial charge in [0, 0.05) is 12.6 Å². The molecule has 0 aromatic rings.